The Labute approximate surface area is 214 Å². The van der Waals surface area contributed by atoms with Crippen molar-refractivity contribution >= 4 is 33.3 Å². The third-order valence-corrected chi connectivity index (χ3v) is 6.40. The van der Waals surface area contributed by atoms with Crippen LogP contribution in [0, 0.1) is 12.3 Å². The van der Waals surface area contributed by atoms with Crippen LogP contribution in [0.4, 0.5) is 0 Å². The summed E-state index contributed by atoms with van der Waals surface area (Å²) in [7, 11) is 0. The maximum atomic E-state index is 11.1. The fourth-order valence-corrected chi connectivity index (χ4v) is 4.30. The average molecular weight is 541 g/mol. The maximum Gasteiger partial charge on any atom is 0.148 e. The molecule has 3 aromatic carbocycles. The molecule has 0 spiro atoms. The molecule has 0 heterocycles. The summed E-state index contributed by atoms with van der Waals surface area (Å²) in [4.78, 5) is 11.1. The lowest BCUT2D eigenvalue weighted by atomic mass is 10.0. The quantitative estimate of drug-likeness (QED) is 0.202. The lowest BCUT2D eigenvalue weighted by Crippen LogP contribution is -2.16. The van der Waals surface area contributed by atoms with Crippen molar-refractivity contribution in [3.63, 3.8) is 0 Å². The number of nitrogens with one attached hydrogen (secondary N) is 1. The lowest BCUT2D eigenvalue weighted by Gasteiger charge is -2.16. The summed E-state index contributed by atoms with van der Waals surface area (Å²) < 4.78 is 12.8. The number of benzene rings is 3. The molecule has 0 bridgehead atoms. The first-order chi connectivity index (χ1) is 16.5. The van der Waals surface area contributed by atoms with E-state index < -0.39 is 0 Å². The van der Waals surface area contributed by atoms with Gasteiger partial charge in [0.15, 0.2) is 0 Å². The van der Waals surface area contributed by atoms with Gasteiger partial charge in [-0.15, -0.1) is 6.42 Å². The monoisotopic (exact) mass is 539 g/mol. The van der Waals surface area contributed by atoms with Crippen molar-refractivity contribution in [2.45, 2.75) is 32.9 Å². The highest BCUT2D eigenvalue weighted by Gasteiger charge is 2.13. The Bertz CT molecular complexity index is 1160. The second-order valence-electron chi connectivity index (χ2n) is 7.80. The Morgan fingerprint density at radius 1 is 1.06 bits per heavy atom. The predicted octanol–water partition coefficient (Wildman–Crippen LogP) is 6.82. The normalized spacial score (nSPS) is 10.5. The van der Waals surface area contributed by atoms with Crippen LogP contribution >= 0.6 is 27.5 Å². The molecule has 0 aromatic heterocycles. The fraction of sp³-hybridized carbons (Fsp3) is 0.250. The molecule has 0 atom stereocenters. The summed E-state index contributed by atoms with van der Waals surface area (Å²) in [6.07, 6.45) is 6.73. The molecule has 0 unspecified atom stereocenters. The smallest absolute Gasteiger partial charge is 0.148 e. The zero-order valence-corrected chi connectivity index (χ0v) is 21.4. The summed E-state index contributed by atoms with van der Waals surface area (Å²) in [5.74, 6) is 3.82. The number of hydrogen-bond donors (Lipinski definition) is 1. The van der Waals surface area contributed by atoms with Crippen LogP contribution in [0.15, 0.2) is 65.1 Å². The maximum absolute atomic E-state index is 11.1. The summed E-state index contributed by atoms with van der Waals surface area (Å²) in [5, 5.41) is 3.81. The molecule has 4 nitrogen and oxygen atoms in total. The largest absolute Gasteiger partial charge is 0.487 e. The van der Waals surface area contributed by atoms with Crippen LogP contribution < -0.4 is 14.8 Å². The molecular formula is C28H27BrClNO3. The van der Waals surface area contributed by atoms with Gasteiger partial charge in [-0.2, -0.15) is 0 Å². The van der Waals surface area contributed by atoms with Crippen LogP contribution in [0.25, 0.3) is 11.1 Å². The van der Waals surface area contributed by atoms with Crippen molar-refractivity contribution in [3.8, 4) is 35.0 Å². The van der Waals surface area contributed by atoms with Crippen molar-refractivity contribution in [2.75, 3.05) is 13.2 Å². The fourth-order valence-electron chi connectivity index (χ4n) is 3.45. The average Bonchev–Trinajstić information content (AvgIpc) is 2.83. The second-order valence-corrected chi connectivity index (χ2v) is 9.00. The number of ketones is 1. The molecule has 0 aliphatic carbocycles. The number of Topliss-reactive ketones (excluding diaryl/α,β-unsaturated/α-hetero) is 1. The summed E-state index contributed by atoms with van der Waals surface area (Å²) in [6, 6.07) is 19.9. The highest BCUT2D eigenvalue weighted by atomic mass is 79.9. The van der Waals surface area contributed by atoms with Gasteiger partial charge in [-0.1, -0.05) is 66.1 Å². The van der Waals surface area contributed by atoms with Gasteiger partial charge in [-0.05, 0) is 53.0 Å². The van der Waals surface area contributed by atoms with E-state index in [0.717, 1.165) is 39.7 Å². The van der Waals surface area contributed by atoms with Crippen molar-refractivity contribution in [2.24, 2.45) is 0 Å². The Morgan fingerprint density at radius 3 is 2.59 bits per heavy atom. The van der Waals surface area contributed by atoms with Gasteiger partial charge in [0.25, 0.3) is 0 Å². The third kappa shape index (κ3) is 7.36. The Hall–Kier alpha value is -2.78. The second kappa shape index (κ2) is 13.2. The van der Waals surface area contributed by atoms with Crippen molar-refractivity contribution in [3.05, 3.63) is 81.3 Å². The molecule has 6 heteroatoms. The molecule has 34 heavy (non-hydrogen) atoms. The topological polar surface area (TPSA) is 47.6 Å². The van der Waals surface area contributed by atoms with Gasteiger partial charge < -0.3 is 19.6 Å². The number of terminal acetylenes is 1. The van der Waals surface area contributed by atoms with Crippen molar-refractivity contribution < 1.29 is 14.3 Å². The predicted molar refractivity (Wildman–Crippen MR) is 141 cm³/mol. The highest BCUT2D eigenvalue weighted by Crippen LogP contribution is 2.35. The first kappa shape index (κ1) is 25.8. The minimum atomic E-state index is 0.142. The van der Waals surface area contributed by atoms with Gasteiger partial charge in [0.1, 0.15) is 30.5 Å². The first-order valence-corrected chi connectivity index (χ1v) is 12.2. The van der Waals surface area contributed by atoms with E-state index in [9.17, 15) is 4.79 Å². The van der Waals surface area contributed by atoms with Crippen LogP contribution in [0.1, 0.15) is 30.9 Å². The van der Waals surface area contributed by atoms with Crippen molar-refractivity contribution in [1.29, 1.82) is 0 Å². The zero-order valence-electron chi connectivity index (χ0n) is 19.1. The standard InChI is InChI=1S/C28H27BrClNO3/c1-3-15-33-26-17-27(25(30)16-23(26)18-31-14-8-9-20(2)32)34-19-22-12-7-13-24(28(22)29)21-10-5-4-6-11-21/h1,4-7,10-13,16-17,31H,8-9,14-15,18-19H2,2H3. The van der Waals surface area contributed by atoms with E-state index in [4.69, 9.17) is 27.5 Å². The van der Waals surface area contributed by atoms with E-state index in [2.05, 4.69) is 45.4 Å². The molecule has 0 aliphatic rings. The van der Waals surface area contributed by atoms with Crippen LogP contribution in [0.5, 0.6) is 11.5 Å². The number of carbonyl (C=O) groups excluding carboxylic acids is 1. The minimum Gasteiger partial charge on any atom is -0.487 e. The minimum absolute atomic E-state index is 0.142. The van der Waals surface area contributed by atoms with Crippen LogP contribution in [0.3, 0.4) is 0 Å². The summed E-state index contributed by atoms with van der Waals surface area (Å²) in [5.41, 5.74) is 4.10. The van der Waals surface area contributed by atoms with Crippen LogP contribution in [-0.4, -0.2) is 18.9 Å². The summed E-state index contributed by atoms with van der Waals surface area (Å²) in [6.45, 7) is 3.33. The van der Waals surface area contributed by atoms with Gasteiger partial charge in [0, 0.05) is 34.6 Å². The van der Waals surface area contributed by atoms with Gasteiger partial charge >= 0.3 is 0 Å². The molecule has 176 valence electrons. The zero-order chi connectivity index (χ0) is 24.3. The molecule has 0 aliphatic heterocycles. The van der Waals surface area contributed by atoms with Crippen molar-refractivity contribution in [1.82, 2.24) is 5.32 Å². The van der Waals surface area contributed by atoms with Gasteiger partial charge in [-0.25, -0.2) is 0 Å². The number of rotatable bonds is 12. The van der Waals surface area contributed by atoms with Gasteiger partial charge in [0.2, 0.25) is 0 Å². The van der Waals surface area contributed by atoms with E-state index in [0.29, 0.717) is 36.1 Å². The third-order valence-electron chi connectivity index (χ3n) is 5.17. The molecule has 1 N–H and O–H groups in total. The SMILES string of the molecule is C#CCOc1cc(OCc2cccc(-c3ccccc3)c2Br)c(Cl)cc1CNCCCC(C)=O. The molecular weight excluding hydrogens is 514 g/mol. The summed E-state index contributed by atoms with van der Waals surface area (Å²) >= 11 is 10.3. The van der Waals surface area contributed by atoms with E-state index in [1.807, 2.05) is 36.4 Å². The van der Waals surface area contributed by atoms with E-state index >= 15 is 0 Å². The number of carbonyl (C=O) groups is 1. The highest BCUT2D eigenvalue weighted by molar-refractivity contribution is 9.10. The van der Waals surface area contributed by atoms with E-state index in [1.165, 1.54) is 0 Å². The molecule has 3 aromatic rings. The van der Waals surface area contributed by atoms with Crippen LogP contribution in [-0.2, 0) is 17.9 Å². The van der Waals surface area contributed by atoms with Gasteiger partial charge in [0.05, 0.1) is 5.02 Å². The number of ether oxygens (including phenoxy) is 2. The molecule has 0 radical (unpaired) electrons. The number of hydrogen-bond acceptors (Lipinski definition) is 4. The Morgan fingerprint density at radius 2 is 1.85 bits per heavy atom. The Kier molecular flexibility index (Phi) is 10.0. The van der Waals surface area contributed by atoms with E-state index in [-0.39, 0.29) is 12.4 Å². The first-order valence-electron chi connectivity index (χ1n) is 11.0. The Balaban J connectivity index is 1.73. The lowest BCUT2D eigenvalue weighted by molar-refractivity contribution is -0.117. The molecule has 0 amide bonds. The number of halogens is 2. The van der Waals surface area contributed by atoms with Crippen LogP contribution in [0.2, 0.25) is 5.02 Å². The molecule has 0 saturated heterocycles. The van der Waals surface area contributed by atoms with Gasteiger partial charge in [-0.3, -0.25) is 0 Å². The molecule has 0 saturated carbocycles. The van der Waals surface area contributed by atoms with E-state index in [1.54, 1.807) is 13.0 Å². The molecule has 3 rings (SSSR count). The molecule has 0 fully saturated rings.